The fraction of sp³-hybridized carbons (Fsp3) is 0.636. The van der Waals surface area contributed by atoms with E-state index in [1.54, 1.807) is 0 Å². The molecule has 0 amide bonds. The molecule has 0 bridgehead atoms. The quantitative estimate of drug-likeness (QED) is 0.836. The fourth-order valence-corrected chi connectivity index (χ4v) is 1.65. The number of unbranched alkanes of at least 4 members (excludes halogenated alkanes) is 1. The average molecular weight is 244 g/mol. The molecule has 0 saturated carbocycles. The van der Waals surface area contributed by atoms with Crippen LogP contribution in [0.3, 0.4) is 0 Å². The molecule has 0 aliphatic rings. The predicted molar refractivity (Wildman–Crippen MR) is 67.1 cm³/mol. The first-order valence-corrected chi connectivity index (χ1v) is 5.85. The number of H-pyrrole nitrogens is 1. The standard InChI is InChI=1S/C11H18ClN3O/c1-4-5-6-11(2,3)14-8-7-13-15-10(16)9(8)12/h7H,4-6H2,1-3H3,(H2,14,15,16). The van der Waals surface area contributed by atoms with Crippen LogP contribution in [-0.2, 0) is 0 Å². The number of aromatic nitrogens is 2. The second kappa shape index (κ2) is 5.34. The Labute approximate surface area is 100 Å². The Morgan fingerprint density at radius 3 is 2.88 bits per heavy atom. The van der Waals surface area contributed by atoms with Gasteiger partial charge in [-0.3, -0.25) is 4.79 Å². The van der Waals surface area contributed by atoms with Crippen LogP contribution in [0.2, 0.25) is 5.02 Å². The van der Waals surface area contributed by atoms with E-state index in [0.29, 0.717) is 5.69 Å². The second-order valence-corrected chi connectivity index (χ2v) is 4.92. The van der Waals surface area contributed by atoms with E-state index in [4.69, 9.17) is 11.6 Å². The first-order valence-electron chi connectivity index (χ1n) is 5.47. The van der Waals surface area contributed by atoms with Gasteiger partial charge in [-0.1, -0.05) is 31.4 Å². The molecule has 0 aliphatic heterocycles. The molecule has 1 rings (SSSR count). The lowest BCUT2D eigenvalue weighted by Crippen LogP contribution is -2.31. The maximum atomic E-state index is 11.2. The minimum absolute atomic E-state index is 0.0882. The smallest absolute Gasteiger partial charge is 0.285 e. The summed E-state index contributed by atoms with van der Waals surface area (Å²) in [5, 5.41) is 9.43. The van der Waals surface area contributed by atoms with Crippen LogP contribution in [0.1, 0.15) is 40.0 Å². The van der Waals surface area contributed by atoms with E-state index in [1.165, 1.54) is 6.20 Å². The lowest BCUT2D eigenvalue weighted by atomic mass is 9.97. The van der Waals surface area contributed by atoms with Crippen LogP contribution in [0.25, 0.3) is 0 Å². The molecule has 0 unspecified atom stereocenters. The lowest BCUT2D eigenvalue weighted by molar-refractivity contribution is 0.493. The van der Waals surface area contributed by atoms with Crippen molar-refractivity contribution in [2.75, 3.05) is 5.32 Å². The van der Waals surface area contributed by atoms with Gasteiger partial charge < -0.3 is 5.32 Å². The summed E-state index contributed by atoms with van der Waals surface area (Å²) in [7, 11) is 0. The number of nitrogens with one attached hydrogen (secondary N) is 2. The van der Waals surface area contributed by atoms with Gasteiger partial charge >= 0.3 is 0 Å². The van der Waals surface area contributed by atoms with Crippen molar-refractivity contribution in [3.05, 3.63) is 21.6 Å². The Morgan fingerprint density at radius 1 is 1.56 bits per heavy atom. The minimum Gasteiger partial charge on any atom is -0.377 e. The largest absolute Gasteiger partial charge is 0.377 e. The summed E-state index contributed by atoms with van der Waals surface area (Å²) in [5.41, 5.74) is 0.138. The van der Waals surface area contributed by atoms with Crippen LogP contribution in [0.15, 0.2) is 11.0 Å². The van der Waals surface area contributed by atoms with Crippen molar-refractivity contribution in [3.8, 4) is 0 Å². The highest BCUT2D eigenvalue weighted by Crippen LogP contribution is 2.23. The molecule has 90 valence electrons. The van der Waals surface area contributed by atoms with E-state index in [9.17, 15) is 4.79 Å². The molecular formula is C11H18ClN3O. The van der Waals surface area contributed by atoms with E-state index < -0.39 is 0 Å². The van der Waals surface area contributed by atoms with Gasteiger partial charge in [-0.2, -0.15) is 5.10 Å². The zero-order valence-corrected chi connectivity index (χ0v) is 10.7. The van der Waals surface area contributed by atoms with Crippen LogP contribution in [0, 0.1) is 0 Å². The summed E-state index contributed by atoms with van der Waals surface area (Å²) >= 11 is 5.89. The third-order valence-electron chi connectivity index (χ3n) is 2.42. The summed E-state index contributed by atoms with van der Waals surface area (Å²) < 4.78 is 0. The molecule has 0 saturated heterocycles. The number of aromatic amines is 1. The number of hydrogen-bond donors (Lipinski definition) is 2. The third-order valence-corrected chi connectivity index (χ3v) is 2.80. The zero-order valence-electron chi connectivity index (χ0n) is 9.93. The monoisotopic (exact) mass is 243 g/mol. The molecule has 16 heavy (non-hydrogen) atoms. The van der Waals surface area contributed by atoms with Gasteiger partial charge in [0.25, 0.3) is 5.56 Å². The summed E-state index contributed by atoms with van der Waals surface area (Å²) in [4.78, 5) is 11.2. The molecular weight excluding hydrogens is 226 g/mol. The third kappa shape index (κ3) is 3.52. The van der Waals surface area contributed by atoms with Gasteiger partial charge in [-0.15, -0.1) is 0 Å². The first-order chi connectivity index (χ1) is 7.46. The summed E-state index contributed by atoms with van der Waals surface area (Å²) in [6, 6.07) is 0. The summed E-state index contributed by atoms with van der Waals surface area (Å²) in [5.74, 6) is 0. The minimum atomic E-state index is -0.363. The van der Waals surface area contributed by atoms with Gasteiger partial charge in [-0.25, -0.2) is 5.10 Å². The number of rotatable bonds is 5. The van der Waals surface area contributed by atoms with E-state index in [2.05, 4.69) is 36.3 Å². The normalized spacial score (nSPS) is 11.5. The fourth-order valence-electron chi connectivity index (χ4n) is 1.52. The Kier molecular flexibility index (Phi) is 4.35. The average Bonchev–Trinajstić information content (AvgIpc) is 2.22. The SMILES string of the molecule is CCCCC(C)(C)Nc1cn[nH]c(=O)c1Cl. The highest BCUT2D eigenvalue weighted by Gasteiger charge is 2.18. The van der Waals surface area contributed by atoms with Crippen molar-refractivity contribution >= 4 is 17.3 Å². The van der Waals surface area contributed by atoms with Gasteiger partial charge in [0, 0.05) is 5.54 Å². The molecule has 0 aromatic carbocycles. The van der Waals surface area contributed by atoms with E-state index >= 15 is 0 Å². The van der Waals surface area contributed by atoms with Crippen molar-refractivity contribution in [2.45, 2.75) is 45.6 Å². The van der Waals surface area contributed by atoms with Crippen LogP contribution in [0.4, 0.5) is 5.69 Å². The van der Waals surface area contributed by atoms with Crippen LogP contribution in [0.5, 0.6) is 0 Å². The van der Waals surface area contributed by atoms with Crippen molar-refractivity contribution < 1.29 is 0 Å². The maximum Gasteiger partial charge on any atom is 0.285 e. The van der Waals surface area contributed by atoms with Crippen LogP contribution < -0.4 is 10.9 Å². The van der Waals surface area contributed by atoms with Crippen molar-refractivity contribution in [1.82, 2.24) is 10.2 Å². The summed E-state index contributed by atoms with van der Waals surface area (Å²) in [6.07, 6.45) is 4.84. The zero-order chi connectivity index (χ0) is 12.2. The van der Waals surface area contributed by atoms with Gasteiger partial charge in [0.1, 0.15) is 5.02 Å². The molecule has 0 fully saturated rings. The van der Waals surface area contributed by atoms with Crippen molar-refractivity contribution in [2.24, 2.45) is 0 Å². The molecule has 2 N–H and O–H groups in total. The number of halogens is 1. The topological polar surface area (TPSA) is 57.8 Å². The number of anilines is 1. The molecule has 0 radical (unpaired) electrons. The Bertz CT molecular complexity index is 400. The molecule has 0 aliphatic carbocycles. The maximum absolute atomic E-state index is 11.2. The second-order valence-electron chi connectivity index (χ2n) is 4.54. The van der Waals surface area contributed by atoms with E-state index in [-0.39, 0.29) is 16.1 Å². The van der Waals surface area contributed by atoms with Crippen molar-refractivity contribution in [3.63, 3.8) is 0 Å². The molecule has 1 aromatic rings. The van der Waals surface area contributed by atoms with Gasteiger partial charge in [0.05, 0.1) is 11.9 Å². The summed E-state index contributed by atoms with van der Waals surface area (Å²) in [6.45, 7) is 6.32. The number of hydrogen-bond acceptors (Lipinski definition) is 3. The van der Waals surface area contributed by atoms with Gasteiger partial charge in [0.15, 0.2) is 0 Å². The highest BCUT2D eigenvalue weighted by molar-refractivity contribution is 6.32. The van der Waals surface area contributed by atoms with E-state index in [1.807, 2.05) is 0 Å². The molecule has 5 heteroatoms. The molecule has 4 nitrogen and oxygen atoms in total. The van der Waals surface area contributed by atoms with Gasteiger partial charge in [0.2, 0.25) is 0 Å². The van der Waals surface area contributed by atoms with Gasteiger partial charge in [-0.05, 0) is 20.3 Å². The highest BCUT2D eigenvalue weighted by atomic mass is 35.5. The van der Waals surface area contributed by atoms with Crippen LogP contribution in [-0.4, -0.2) is 15.7 Å². The predicted octanol–water partition coefficient (Wildman–Crippen LogP) is 2.80. The molecule has 0 spiro atoms. The van der Waals surface area contributed by atoms with Crippen molar-refractivity contribution in [1.29, 1.82) is 0 Å². The Morgan fingerprint density at radius 2 is 2.25 bits per heavy atom. The molecule has 1 aromatic heterocycles. The molecule has 0 atom stereocenters. The van der Waals surface area contributed by atoms with Crippen LogP contribution >= 0.6 is 11.6 Å². The van der Waals surface area contributed by atoms with E-state index in [0.717, 1.165) is 19.3 Å². The molecule has 1 heterocycles. The first kappa shape index (κ1) is 13.0. The Balaban J connectivity index is 2.79. The number of nitrogens with zero attached hydrogens (tertiary/aromatic N) is 1. The lowest BCUT2D eigenvalue weighted by Gasteiger charge is -2.27. The Hall–Kier alpha value is -1.03.